The number of aromatic amines is 1. The van der Waals surface area contributed by atoms with Crippen molar-refractivity contribution in [1.29, 1.82) is 5.26 Å². The van der Waals surface area contributed by atoms with Crippen LogP contribution in [0.25, 0.3) is 11.0 Å². The Bertz CT molecular complexity index is 1220. The van der Waals surface area contributed by atoms with Crippen molar-refractivity contribution in [1.82, 2.24) is 14.5 Å². The number of carbonyl (C=O) groups excluding carboxylic acids is 1. The molecule has 3 aromatic rings. The number of fused-ring (bicyclic) bond motifs is 1. The van der Waals surface area contributed by atoms with Crippen molar-refractivity contribution in [2.24, 2.45) is 0 Å². The number of imidazole rings is 1. The smallest absolute Gasteiger partial charge is 0.411 e. The van der Waals surface area contributed by atoms with Gasteiger partial charge in [-0.2, -0.15) is 5.26 Å². The van der Waals surface area contributed by atoms with Crippen LogP contribution in [0.5, 0.6) is 0 Å². The number of benzene rings is 2. The highest BCUT2D eigenvalue weighted by atomic mass is 16.6. The van der Waals surface area contributed by atoms with Gasteiger partial charge in [-0.15, -0.1) is 0 Å². The van der Waals surface area contributed by atoms with E-state index in [1.165, 1.54) is 0 Å². The molecule has 7 nitrogen and oxygen atoms in total. The van der Waals surface area contributed by atoms with E-state index in [0.717, 1.165) is 36.8 Å². The Labute approximate surface area is 179 Å². The van der Waals surface area contributed by atoms with E-state index in [0.29, 0.717) is 11.1 Å². The number of nitrogens with one attached hydrogen (secondary N) is 1. The zero-order chi connectivity index (χ0) is 21.5. The molecule has 1 unspecified atom stereocenters. The molecule has 2 atom stereocenters. The van der Waals surface area contributed by atoms with Gasteiger partial charge in [-0.3, -0.25) is 9.47 Å². The molecule has 2 heterocycles. The second-order valence-electron chi connectivity index (χ2n) is 8.46. The summed E-state index contributed by atoms with van der Waals surface area (Å²) in [6.07, 6.45) is 2.78. The van der Waals surface area contributed by atoms with E-state index in [9.17, 15) is 9.59 Å². The number of carbonyl (C=O) groups is 1. The third-order valence-electron chi connectivity index (χ3n) is 6.65. The maximum atomic E-state index is 12.7. The van der Waals surface area contributed by atoms with Crippen LogP contribution in [0.2, 0.25) is 0 Å². The first-order chi connectivity index (χ1) is 15.1. The van der Waals surface area contributed by atoms with Gasteiger partial charge in [0.05, 0.1) is 28.7 Å². The predicted octanol–water partition coefficient (Wildman–Crippen LogP) is 4.27. The Balaban J connectivity index is 1.38. The first kappa shape index (κ1) is 19.4. The van der Waals surface area contributed by atoms with Gasteiger partial charge in [0.1, 0.15) is 6.10 Å². The standard InChI is InChI=1S/C24H24N4O3/c1-15-22(17-5-3-2-4-6-17)28(24(30)31-15)19-10-8-18(9-11-19)27-21-12-7-16(14-25)13-20(21)26-23(27)29/h2-7,12-13,15,18-19,22H,8-11H2,1H3,(H,26,29)/t15-,18?,19?,22?/m0/s1. The van der Waals surface area contributed by atoms with Gasteiger partial charge in [0.25, 0.3) is 0 Å². The maximum Gasteiger partial charge on any atom is 0.411 e. The molecule has 5 rings (SSSR count). The van der Waals surface area contributed by atoms with Gasteiger partial charge in [0.15, 0.2) is 0 Å². The van der Waals surface area contributed by atoms with E-state index < -0.39 is 0 Å². The number of amides is 1. The summed E-state index contributed by atoms with van der Waals surface area (Å²) in [4.78, 5) is 30.1. The molecule has 1 amide bonds. The van der Waals surface area contributed by atoms with Gasteiger partial charge in [-0.25, -0.2) is 9.59 Å². The molecule has 2 aromatic carbocycles. The fraction of sp³-hybridized carbons (Fsp3) is 0.375. The summed E-state index contributed by atoms with van der Waals surface area (Å²) < 4.78 is 7.40. The van der Waals surface area contributed by atoms with Crippen molar-refractivity contribution in [3.05, 3.63) is 70.1 Å². The summed E-state index contributed by atoms with van der Waals surface area (Å²) in [5, 5.41) is 9.11. The molecule has 31 heavy (non-hydrogen) atoms. The first-order valence-electron chi connectivity index (χ1n) is 10.7. The van der Waals surface area contributed by atoms with E-state index in [4.69, 9.17) is 10.00 Å². The summed E-state index contributed by atoms with van der Waals surface area (Å²) in [6, 6.07) is 17.5. The van der Waals surface area contributed by atoms with E-state index in [1.807, 2.05) is 52.8 Å². The normalized spacial score (nSPS) is 26.1. The second kappa shape index (κ2) is 7.62. The van der Waals surface area contributed by atoms with Crippen LogP contribution in [-0.4, -0.2) is 32.7 Å². The molecule has 7 heteroatoms. The third kappa shape index (κ3) is 3.28. The Hall–Kier alpha value is -3.53. The topological polar surface area (TPSA) is 91.1 Å². The lowest BCUT2D eigenvalue weighted by molar-refractivity contribution is 0.121. The first-order valence-corrected chi connectivity index (χ1v) is 10.7. The molecule has 1 aromatic heterocycles. The Morgan fingerprint density at radius 3 is 2.45 bits per heavy atom. The van der Waals surface area contributed by atoms with Gasteiger partial charge in [0, 0.05) is 12.1 Å². The van der Waals surface area contributed by atoms with Crippen LogP contribution in [0.3, 0.4) is 0 Å². The molecule has 1 saturated heterocycles. The van der Waals surface area contributed by atoms with Crippen LogP contribution in [0.15, 0.2) is 53.3 Å². The predicted molar refractivity (Wildman–Crippen MR) is 116 cm³/mol. The van der Waals surface area contributed by atoms with Crippen molar-refractivity contribution in [3.63, 3.8) is 0 Å². The SMILES string of the molecule is C[C@@H]1OC(=O)N(C2CCC(n3c(=O)[nH]c4cc(C#N)ccc43)CC2)C1c1ccccc1. The number of rotatable bonds is 3. The second-order valence-corrected chi connectivity index (χ2v) is 8.46. The highest BCUT2D eigenvalue weighted by Gasteiger charge is 2.44. The minimum absolute atomic E-state index is 0.0663. The van der Waals surface area contributed by atoms with Crippen molar-refractivity contribution in [2.75, 3.05) is 0 Å². The Kier molecular flexibility index (Phi) is 4.78. The lowest BCUT2D eigenvalue weighted by Crippen LogP contribution is -2.41. The average Bonchev–Trinajstić information content (AvgIpc) is 3.28. The zero-order valence-electron chi connectivity index (χ0n) is 17.3. The molecule has 0 bridgehead atoms. The third-order valence-corrected chi connectivity index (χ3v) is 6.65. The molecule has 2 fully saturated rings. The van der Waals surface area contributed by atoms with Crippen LogP contribution in [-0.2, 0) is 4.74 Å². The van der Waals surface area contributed by atoms with Crippen molar-refractivity contribution in [3.8, 4) is 6.07 Å². The molecule has 2 aliphatic rings. The van der Waals surface area contributed by atoms with Gasteiger partial charge >= 0.3 is 11.8 Å². The van der Waals surface area contributed by atoms with Gasteiger partial charge < -0.3 is 9.72 Å². The van der Waals surface area contributed by atoms with Crippen molar-refractivity contribution in [2.45, 2.75) is 56.8 Å². The minimum atomic E-state index is -0.252. The fourth-order valence-electron chi connectivity index (χ4n) is 5.24. The number of hydrogen-bond acceptors (Lipinski definition) is 4. The maximum absolute atomic E-state index is 12.7. The molecule has 1 aliphatic heterocycles. The van der Waals surface area contributed by atoms with Crippen LogP contribution >= 0.6 is 0 Å². The minimum Gasteiger partial charge on any atom is -0.444 e. The van der Waals surface area contributed by atoms with Crippen LogP contribution in [0, 0.1) is 11.3 Å². The number of nitriles is 1. The monoisotopic (exact) mass is 416 g/mol. The van der Waals surface area contributed by atoms with E-state index in [1.54, 1.807) is 12.1 Å². The van der Waals surface area contributed by atoms with E-state index in [2.05, 4.69) is 11.1 Å². The van der Waals surface area contributed by atoms with Crippen LogP contribution in [0.1, 0.15) is 55.8 Å². The average molecular weight is 416 g/mol. The Morgan fingerprint density at radius 1 is 1.03 bits per heavy atom. The van der Waals surface area contributed by atoms with Gasteiger partial charge in [-0.05, 0) is 56.4 Å². The number of cyclic esters (lactones) is 1. The molecule has 0 spiro atoms. The highest BCUT2D eigenvalue weighted by Crippen LogP contribution is 2.40. The highest BCUT2D eigenvalue weighted by molar-refractivity contribution is 5.77. The number of ether oxygens (including phenoxy) is 1. The molecular formula is C24H24N4O3. The Morgan fingerprint density at radius 2 is 1.74 bits per heavy atom. The van der Waals surface area contributed by atoms with E-state index >= 15 is 0 Å². The lowest BCUT2D eigenvalue weighted by Gasteiger charge is -2.37. The molecular weight excluding hydrogens is 392 g/mol. The molecule has 1 aliphatic carbocycles. The number of H-pyrrole nitrogens is 1. The lowest BCUT2D eigenvalue weighted by atomic mass is 9.88. The quantitative estimate of drug-likeness (QED) is 0.690. The fourth-order valence-corrected chi connectivity index (χ4v) is 5.24. The van der Waals surface area contributed by atoms with E-state index in [-0.39, 0.29) is 36.0 Å². The number of aromatic nitrogens is 2. The number of nitrogens with zero attached hydrogens (tertiary/aromatic N) is 3. The summed E-state index contributed by atoms with van der Waals surface area (Å²) in [5.74, 6) is 0. The van der Waals surface area contributed by atoms with Crippen molar-refractivity contribution >= 4 is 17.1 Å². The molecule has 158 valence electrons. The zero-order valence-corrected chi connectivity index (χ0v) is 17.3. The summed E-state index contributed by atoms with van der Waals surface area (Å²) >= 11 is 0. The van der Waals surface area contributed by atoms with Crippen LogP contribution < -0.4 is 5.69 Å². The van der Waals surface area contributed by atoms with Gasteiger partial charge in [0.2, 0.25) is 0 Å². The molecule has 1 N–H and O–H groups in total. The van der Waals surface area contributed by atoms with Crippen LogP contribution in [0.4, 0.5) is 4.79 Å². The summed E-state index contributed by atoms with van der Waals surface area (Å²) in [7, 11) is 0. The van der Waals surface area contributed by atoms with Crippen molar-refractivity contribution < 1.29 is 9.53 Å². The summed E-state index contributed by atoms with van der Waals surface area (Å²) in [5.41, 5.74) is 2.98. The largest absolute Gasteiger partial charge is 0.444 e. The number of hydrogen-bond donors (Lipinski definition) is 1. The molecule has 1 saturated carbocycles. The molecule has 0 radical (unpaired) electrons. The van der Waals surface area contributed by atoms with Gasteiger partial charge in [-0.1, -0.05) is 30.3 Å². The summed E-state index contributed by atoms with van der Waals surface area (Å²) in [6.45, 7) is 1.95.